The molecule has 0 N–H and O–H groups in total. The van der Waals surface area contributed by atoms with Crippen molar-refractivity contribution in [1.29, 1.82) is 0 Å². The van der Waals surface area contributed by atoms with Crippen molar-refractivity contribution in [3.63, 3.8) is 0 Å². The topological polar surface area (TPSA) is 72.6 Å². The van der Waals surface area contributed by atoms with E-state index in [1.54, 1.807) is 0 Å². The summed E-state index contributed by atoms with van der Waals surface area (Å²) in [4.78, 5) is 0. The van der Waals surface area contributed by atoms with Gasteiger partial charge in [0, 0.05) is 30.0 Å². The molecule has 1 aliphatic heterocycles. The van der Waals surface area contributed by atoms with Gasteiger partial charge in [-0.1, -0.05) is 30.1 Å². The number of benzene rings is 1. The normalized spacial score (nSPS) is 27.4. The minimum absolute atomic E-state index is 0.117. The fourth-order valence-corrected chi connectivity index (χ4v) is 3.97. The molecule has 1 aliphatic carbocycles. The highest BCUT2D eigenvalue weighted by atomic mass is 35.5. The maximum Gasteiger partial charge on any atom is 0.485 e. The second-order valence-electron chi connectivity index (χ2n) is 7.72. The Morgan fingerprint density at radius 3 is 2.15 bits per heavy atom. The smallest absolute Gasteiger partial charge is 0.485 e. The van der Waals surface area contributed by atoms with E-state index in [0.717, 1.165) is 5.02 Å². The summed E-state index contributed by atoms with van der Waals surface area (Å²) in [7, 11) is -6.09. The third-order valence-corrected chi connectivity index (χ3v) is 5.21. The molecule has 1 saturated carbocycles. The van der Waals surface area contributed by atoms with Crippen LogP contribution in [-0.2, 0) is 10.1 Å². The second kappa shape index (κ2) is 6.76. The van der Waals surface area contributed by atoms with Gasteiger partial charge in [0.25, 0.3) is 0 Å². The number of azo groups is 2. The average molecular weight is 413 g/mol. The molecular formula is C16H20ClF3N2O3S. The van der Waals surface area contributed by atoms with Gasteiger partial charge in [0.15, 0.2) is 16.2 Å². The lowest BCUT2D eigenvalue weighted by molar-refractivity contribution is -0.539. The Morgan fingerprint density at radius 1 is 1.19 bits per heavy atom. The fourth-order valence-electron chi connectivity index (χ4n) is 3.85. The number of fused-ring (bicyclic) bond motifs is 2. The molecule has 5 nitrogen and oxygen atoms in total. The van der Waals surface area contributed by atoms with E-state index in [2.05, 4.69) is 37.6 Å². The predicted molar refractivity (Wildman–Crippen MR) is 89.4 cm³/mol. The van der Waals surface area contributed by atoms with E-state index in [9.17, 15) is 13.2 Å². The molecule has 3 rings (SSSR count). The Bertz CT molecular complexity index is 807. The highest BCUT2D eigenvalue weighted by molar-refractivity contribution is 7.86. The van der Waals surface area contributed by atoms with Crippen molar-refractivity contribution >= 4 is 27.4 Å². The van der Waals surface area contributed by atoms with Crippen LogP contribution in [0.15, 0.2) is 29.4 Å². The zero-order chi connectivity index (χ0) is 20.0. The first-order valence-electron chi connectivity index (χ1n) is 7.92. The van der Waals surface area contributed by atoms with Gasteiger partial charge >= 0.3 is 5.51 Å². The van der Waals surface area contributed by atoms with E-state index in [4.69, 9.17) is 29.7 Å². The maximum absolute atomic E-state index is 10.7. The summed E-state index contributed by atoms with van der Waals surface area (Å²) in [6.07, 6.45) is 3.58. The van der Waals surface area contributed by atoms with E-state index in [1.165, 1.54) is 24.9 Å². The van der Waals surface area contributed by atoms with Crippen LogP contribution in [0.25, 0.3) is 0 Å². The van der Waals surface area contributed by atoms with Crippen molar-refractivity contribution in [2.24, 2.45) is 10.5 Å². The van der Waals surface area contributed by atoms with Crippen LogP contribution < -0.4 is 0 Å². The van der Waals surface area contributed by atoms with Gasteiger partial charge < -0.3 is 4.55 Å². The van der Waals surface area contributed by atoms with Crippen molar-refractivity contribution in [3.05, 3.63) is 29.3 Å². The first-order valence-corrected chi connectivity index (χ1v) is 9.70. The maximum atomic E-state index is 10.7. The highest BCUT2D eigenvalue weighted by Crippen LogP contribution is 2.49. The zero-order valence-corrected chi connectivity index (χ0v) is 16.1. The van der Waals surface area contributed by atoms with Crippen molar-refractivity contribution in [3.8, 4) is 0 Å². The molecular weight excluding hydrogens is 393 g/mol. The third kappa shape index (κ3) is 4.95. The molecule has 26 heavy (non-hydrogen) atoms. The van der Waals surface area contributed by atoms with E-state index < -0.39 is 15.6 Å². The van der Waals surface area contributed by atoms with Gasteiger partial charge in [-0.3, -0.25) is 0 Å². The SMILES string of the molecule is CC1(C)C[C@@H]2C[C@](C)(C1)N=[N+]2c1ccc(Cl)cc1.O=S(=O)([O-])C(F)(F)F. The Morgan fingerprint density at radius 2 is 1.69 bits per heavy atom. The summed E-state index contributed by atoms with van der Waals surface area (Å²) in [5.74, 6) is 0. The van der Waals surface area contributed by atoms with Crippen LogP contribution in [0.2, 0.25) is 5.02 Å². The minimum atomic E-state index is -6.09. The van der Waals surface area contributed by atoms with Crippen molar-refractivity contribution in [2.75, 3.05) is 0 Å². The molecule has 2 bridgehead atoms. The van der Waals surface area contributed by atoms with Crippen LogP contribution in [0, 0.1) is 5.41 Å². The Balaban J connectivity index is 0.000000260. The lowest BCUT2D eigenvalue weighted by atomic mass is 9.68. The molecule has 1 fully saturated rings. The van der Waals surface area contributed by atoms with Crippen LogP contribution >= 0.6 is 11.6 Å². The molecule has 1 aromatic carbocycles. The summed E-state index contributed by atoms with van der Waals surface area (Å²) < 4.78 is 61.1. The number of nitrogens with zero attached hydrogens (tertiary/aromatic N) is 2. The van der Waals surface area contributed by atoms with Gasteiger partial charge in [-0.25, -0.2) is 8.42 Å². The first kappa shape index (κ1) is 21.1. The highest BCUT2D eigenvalue weighted by Gasteiger charge is 2.53. The second-order valence-corrected chi connectivity index (χ2v) is 9.53. The summed E-state index contributed by atoms with van der Waals surface area (Å²) in [6.45, 7) is 7.01. The number of hydrogen-bond donors (Lipinski definition) is 0. The monoisotopic (exact) mass is 412 g/mol. The van der Waals surface area contributed by atoms with Crippen LogP contribution in [0.1, 0.15) is 40.0 Å². The van der Waals surface area contributed by atoms with Gasteiger partial charge in [-0.2, -0.15) is 13.2 Å². The standard InChI is InChI=1S/C15H20ClN2.CHF3O3S/c1-14(2)8-13-9-15(3,10-14)17-18(13)12-6-4-11(16)5-7-12;2-1(3,4)8(5,6)7/h4-7,13H,8-10H2,1-3H3;(H,5,6,7)/q+1;/p-1/t13-,15-;/m1./s1. The van der Waals surface area contributed by atoms with Crippen molar-refractivity contribution < 1.29 is 30.8 Å². The lowest BCUT2D eigenvalue weighted by Crippen LogP contribution is -2.38. The number of halogens is 4. The van der Waals surface area contributed by atoms with E-state index in [-0.39, 0.29) is 5.54 Å². The molecule has 0 unspecified atom stereocenters. The van der Waals surface area contributed by atoms with Crippen molar-refractivity contribution in [2.45, 2.75) is 57.1 Å². The van der Waals surface area contributed by atoms with Crippen LogP contribution in [0.4, 0.5) is 18.9 Å². The molecule has 2 aliphatic rings. The van der Waals surface area contributed by atoms with Crippen LogP contribution in [0.5, 0.6) is 0 Å². The first-order chi connectivity index (χ1) is 11.6. The van der Waals surface area contributed by atoms with Crippen LogP contribution in [0.3, 0.4) is 0 Å². The molecule has 146 valence electrons. The van der Waals surface area contributed by atoms with Crippen LogP contribution in [-0.4, -0.2) is 34.8 Å². The summed E-state index contributed by atoms with van der Waals surface area (Å²) in [5.41, 5.74) is -3.97. The molecule has 0 radical (unpaired) electrons. The van der Waals surface area contributed by atoms with Gasteiger partial charge in [0.2, 0.25) is 5.69 Å². The van der Waals surface area contributed by atoms with E-state index in [1.807, 2.05) is 12.1 Å². The summed E-state index contributed by atoms with van der Waals surface area (Å²) in [5, 5.41) is 5.75. The molecule has 1 heterocycles. The van der Waals surface area contributed by atoms with Gasteiger partial charge in [0.1, 0.15) is 5.54 Å². The minimum Gasteiger partial charge on any atom is -0.741 e. The molecule has 0 aromatic heterocycles. The number of alkyl halides is 3. The van der Waals surface area contributed by atoms with Crippen molar-refractivity contribution in [1.82, 2.24) is 0 Å². The van der Waals surface area contributed by atoms with Gasteiger partial charge in [-0.15, -0.1) is 0 Å². The largest absolute Gasteiger partial charge is 0.741 e. The molecule has 2 atom stereocenters. The predicted octanol–water partition coefficient (Wildman–Crippen LogP) is 4.84. The summed E-state index contributed by atoms with van der Waals surface area (Å²) >= 11 is 5.95. The molecule has 1 aromatic rings. The average Bonchev–Trinajstić information content (AvgIpc) is 2.67. The Kier molecular flexibility index (Phi) is 5.49. The third-order valence-electron chi connectivity index (χ3n) is 4.39. The molecule has 0 spiro atoms. The molecule has 0 amide bonds. The van der Waals surface area contributed by atoms with Gasteiger partial charge in [0.05, 0.1) is 0 Å². The summed E-state index contributed by atoms with van der Waals surface area (Å²) in [6, 6.07) is 8.58. The zero-order valence-electron chi connectivity index (χ0n) is 14.5. The molecule has 0 saturated heterocycles. The Labute approximate surface area is 155 Å². The van der Waals surface area contributed by atoms with E-state index in [0.29, 0.717) is 11.5 Å². The number of rotatable bonds is 1. The number of hydrogen-bond acceptors (Lipinski definition) is 4. The lowest BCUT2D eigenvalue weighted by Gasteiger charge is -2.34. The fraction of sp³-hybridized carbons (Fsp3) is 0.625. The quantitative estimate of drug-likeness (QED) is 0.376. The molecule has 10 heteroatoms. The van der Waals surface area contributed by atoms with E-state index >= 15 is 0 Å². The van der Waals surface area contributed by atoms with Gasteiger partial charge in [-0.05, 0) is 36.0 Å². The Hall–Kier alpha value is -1.19.